The van der Waals surface area contributed by atoms with Gasteiger partial charge < -0.3 is 14.8 Å². The smallest absolute Gasteiger partial charge is 0.231 e. The molecule has 1 aromatic heterocycles. The summed E-state index contributed by atoms with van der Waals surface area (Å²) in [4.78, 5) is 4.47. The SMILES string of the molecule is CC(C)(C)c1ccc(NCc2ccc3c(c2)OCO3)nc1. The van der Waals surface area contributed by atoms with Crippen molar-refractivity contribution < 1.29 is 9.47 Å². The predicted octanol–water partition coefficient (Wildman–Crippen LogP) is 3.72. The summed E-state index contributed by atoms with van der Waals surface area (Å²) in [7, 11) is 0. The lowest BCUT2D eigenvalue weighted by atomic mass is 9.88. The summed E-state index contributed by atoms with van der Waals surface area (Å²) in [5.41, 5.74) is 2.50. The fourth-order valence-electron chi connectivity index (χ4n) is 2.19. The number of nitrogens with one attached hydrogen (secondary N) is 1. The molecule has 1 N–H and O–H groups in total. The molecule has 0 saturated heterocycles. The minimum atomic E-state index is 0.128. The molecule has 2 aromatic rings. The van der Waals surface area contributed by atoms with Gasteiger partial charge in [-0.1, -0.05) is 32.9 Å². The second-order valence-electron chi connectivity index (χ2n) is 6.22. The van der Waals surface area contributed by atoms with E-state index < -0.39 is 0 Å². The van der Waals surface area contributed by atoms with E-state index in [1.165, 1.54) is 5.56 Å². The monoisotopic (exact) mass is 284 g/mol. The highest BCUT2D eigenvalue weighted by atomic mass is 16.7. The Bertz CT molecular complexity index is 630. The van der Waals surface area contributed by atoms with Crippen LogP contribution in [0.15, 0.2) is 36.5 Å². The van der Waals surface area contributed by atoms with Crippen LogP contribution in [0, 0.1) is 0 Å². The Kier molecular flexibility index (Phi) is 3.45. The van der Waals surface area contributed by atoms with Crippen LogP contribution >= 0.6 is 0 Å². The van der Waals surface area contributed by atoms with Crippen molar-refractivity contribution in [1.82, 2.24) is 4.98 Å². The Balaban J connectivity index is 1.65. The summed E-state index contributed by atoms with van der Waals surface area (Å²) in [5.74, 6) is 2.50. The zero-order valence-electron chi connectivity index (χ0n) is 12.6. The van der Waals surface area contributed by atoms with E-state index in [4.69, 9.17) is 9.47 Å². The number of nitrogens with zero attached hydrogens (tertiary/aromatic N) is 1. The summed E-state index contributed by atoms with van der Waals surface area (Å²) >= 11 is 0. The summed E-state index contributed by atoms with van der Waals surface area (Å²) in [5, 5.41) is 3.32. The van der Waals surface area contributed by atoms with E-state index in [1.54, 1.807) is 0 Å². The predicted molar refractivity (Wildman–Crippen MR) is 82.8 cm³/mol. The van der Waals surface area contributed by atoms with Crippen molar-refractivity contribution in [1.29, 1.82) is 0 Å². The molecule has 1 aromatic carbocycles. The van der Waals surface area contributed by atoms with Crippen LogP contribution in [-0.4, -0.2) is 11.8 Å². The standard InChI is InChI=1S/C17H20N2O2/c1-17(2,3)13-5-7-16(19-10-13)18-9-12-4-6-14-15(8-12)21-11-20-14/h4-8,10H,9,11H2,1-3H3,(H,18,19). The van der Waals surface area contributed by atoms with E-state index in [-0.39, 0.29) is 5.41 Å². The number of hydrogen-bond acceptors (Lipinski definition) is 4. The van der Waals surface area contributed by atoms with Gasteiger partial charge >= 0.3 is 0 Å². The van der Waals surface area contributed by atoms with Crippen molar-refractivity contribution in [2.24, 2.45) is 0 Å². The van der Waals surface area contributed by atoms with Gasteiger partial charge in [-0.15, -0.1) is 0 Å². The van der Waals surface area contributed by atoms with Gasteiger partial charge in [-0.2, -0.15) is 0 Å². The van der Waals surface area contributed by atoms with Crippen LogP contribution in [0.5, 0.6) is 11.5 Å². The van der Waals surface area contributed by atoms with Gasteiger partial charge in [0.1, 0.15) is 5.82 Å². The maximum Gasteiger partial charge on any atom is 0.231 e. The largest absolute Gasteiger partial charge is 0.454 e. The molecule has 110 valence electrons. The van der Waals surface area contributed by atoms with Gasteiger partial charge in [-0.05, 0) is 34.7 Å². The Hall–Kier alpha value is -2.23. The zero-order valence-corrected chi connectivity index (χ0v) is 12.6. The summed E-state index contributed by atoms with van der Waals surface area (Å²) in [6.07, 6.45) is 1.93. The average molecular weight is 284 g/mol. The third kappa shape index (κ3) is 3.10. The van der Waals surface area contributed by atoms with Crippen molar-refractivity contribution in [3.8, 4) is 11.5 Å². The molecule has 0 amide bonds. The minimum absolute atomic E-state index is 0.128. The first kappa shape index (κ1) is 13.7. The third-order valence-electron chi connectivity index (χ3n) is 3.54. The molecule has 0 atom stereocenters. The van der Waals surface area contributed by atoms with Crippen LogP contribution in [0.4, 0.5) is 5.82 Å². The molecule has 0 aliphatic carbocycles. The normalized spacial score (nSPS) is 13.3. The molecule has 0 radical (unpaired) electrons. The molecule has 21 heavy (non-hydrogen) atoms. The van der Waals surface area contributed by atoms with Gasteiger partial charge in [0, 0.05) is 12.7 Å². The highest BCUT2D eigenvalue weighted by molar-refractivity contribution is 5.46. The fourth-order valence-corrected chi connectivity index (χ4v) is 2.19. The number of benzene rings is 1. The van der Waals surface area contributed by atoms with Gasteiger partial charge in [0.05, 0.1) is 0 Å². The molecule has 1 aliphatic heterocycles. The van der Waals surface area contributed by atoms with Crippen molar-refractivity contribution in [2.45, 2.75) is 32.7 Å². The second kappa shape index (κ2) is 5.28. The number of aromatic nitrogens is 1. The summed E-state index contributed by atoms with van der Waals surface area (Å²) in [6.45, 7) is 7.57. The van der Waals surface area contributed by atoms with E-state index in [2.05, 4.69) is 37.1 Å². The highest BCUT2D eigenvalue weighted by Crippen LogP contribution is 2.32. The highest BCUT2D eigenvalue weighted by Gasteiger charge is 2.14. The van der Waals surface area contributed by atoms with Crippen LogP contribution < -0.4 is 14.8 Å². The lowest BCUT2D eigenvalue weighted by Crippen LogP contribution is -2.11. The number of anilines is 1. The number of rotatable bonds is 3. The van der Waals surface area contributed by atoms with Crippen LogP contribution in [0.2, 0.25) is 0 Å². The van der Waals surface area contributed by atoms with Crippen LogP contribution in [0.25, 0.3) is 0 Å². The number of pyridine rings is 1. The molecule has 2 heterocycles. The molecule has 4 nitrogen and oxygen atoms in total. The molecule has 3 rings (SSSR count). The first-order valence-electron chi connectivity index (χ1n) is 7.11. The Labute approximate surface area is 125 Å². The average Bonchev–Trinajstić information content (AvgIpc) is 2.92. The summed E-state index contributed by atoms with van der Waals surface area (Å²) in [6, 6.07) is 10.1. The first-order valence-corrected chi connectivity index (χ1v) is 7.11. The maximum atomic E-state index is 5.38. The molecule has 0 saturated carbocycles. The topological polar surface area (TPSA) is 43.4 Å². The van der Waals surface area contributed by atoms with E-state index in [9.17, 15) is 0 Å². The van der Waals surface area contributed by atoms with Gasteiger partial charge in [0.15, 0.2) is 11.5 Å². The summed E-state index contributed by atoms with van der Waals surface area (Å²) < 4.78 is 10.7. The van der Waals surface area contributed by atoms with Crippen molar-refractivity contribution in [2.75, 3.05) is 12.1 Å². The van der Waals surface area contributed by atoms with Crippen LogP contribution in [0.1, 0.15) is 31.9 Å². The fraction of sp³-hybridized carbons (Fsp3) is 0.353. The quantitative estimate of drug-likeness (QED) is 0.933. The van der Waals surface area contributed by atoms with Gasteiger partial charge in [0.2, 0.25) is 6.79 Å². The van der Waals surface area contributed by atoms with Crippen molar-refractivity contribution in [3.05, 3.63) is 47.7 Å². The lowest BCUT2D eigenvalue weighted by Gasteiger charge is -2.18. The lowest BCUT2D eigenvalue weighted by molar-refractivity contribution is 0.174. The third-order valence-corrected chi connectivity index (χ3v) is 3.54. The van der Waals surface area contributed by atoms with Crippen LogP contribution in [0.3, 0.4) is 0 Å². The molecule has 0 spiro atoms. The first-order chi connectivity index (χ1) is 10.0. The Morgan fingerprint density at radius 2 is 1.90 bits per heavy atom. The molecule has 0 unspecified atom stereocenters. The van der Waals surface area contributed by atoms with Crippen molar-refractivity contribution in [3.63, 3.8) is 0 Å². The Morgan fingerprint density at radius 3 is 2.62 bits per heavy atom. The second-order valence-corrected chi connectivity index (χ2v) is 6.22. The van der Waals surface area contributed by atoms with Gasteiger partial charge in [0.25, 0.3) is 0 Å². The van der Waals surface area contributed by atoms with Crippen molar-refractivity contribution >= 4 is 5.82 Å². The number of ether oxygens (including phenoxy) is 2. The molecule has 0 fully saturated rings. The number of fused-ring (bicyclic) bond motifs is 1. The minimum Gasteiger partial charge on any atom is -0.454 e. The van der Waals surface area contributed by atoms with E-state index >= 15 is 0 Å². The Morgan fingerprint density at radius 1 is 1.10 bits per heavy atom. The molecule has 1 aliphatic rings. The molecule has 4 heteroatoms. The van der Waals surface area contributed by atoms with Gasteiger partial charge in [-0.25, -0.2) is 4.98 Å². The van der Waals surface area contributed by atoms with E-state index in [0.717, 1.165) is 22.9 Å². The molecular formula is C17H20N2O2. The van der Waals surface area contributed by atoms with E-state index in [0.29, 0.717) is 13.3 Å². The zero-order chi connectivity index (χ0) is 14.9. The van der Waals surface area contributed by atoms with Crippen LogP contribution in [-0.2, 0) is 12.0 Å². The maximum absolute atomic E-state index is 5.38. The van der Waals surface area contributed by atoms with Gasteiger partial charge in [-0.3, -0.25) is 0 Å². The molecular weight excluding hydrogens is 264 g/mol. The number of hydrogen-bond donors (Lipinski definition) is 1. The van der Waals surface area contributed by atoms with E-state index in [1.807, 2.05) is 30.5 Å². The molecule has 0 bridgehead atoms.